The lowest BCUT2D eigenvalue weighted by molar-refractivity contribution is -0.385. The Hall–Kier alpha value is -3.86. The average molecular weight is 484 g/mol. The van der Waals surface area contributed by atoms with Crippen LogP contribution in [0.4, 0.5) is 10.5 Å². The van der Waals surface area contributed by atoms with Gasteiger partial charge in [-0.05, 0) is 41.5 Å². The van der Waals surface area contributed by atoms with Gasteiger partial charge in [0.1, 0.15) is 6.54 Å². The van der Waals surface area contributed by atoms with E-state index in [9.17, 15) is 24.5 Å². The van der Waals surface area contributed by atoms with Gasteiger partial charge in [0, 0.05) is 13.1 Å². The van der Waals surface area contributed by atoms with Crippen molar-refractivity contribution in [2.45, 2.75) is 13.0 Å². The quantitative estimate of drug-likeness (QED) is 0.349. The number of rotatable bonds is 6. The minimum atomic E-state index is -0.676. The number of fused-ring (bicyclic) bond motifs is 1. The van der Waals surface area contributed by atoms with Crippen LogP contribution in [-0.2, 0) is 22.6 Å². The van der Waals surface area contributed by atoms with Crippen molar-refractivity contribution >= 4 is 40.6 Å². The molecule has 1 saturated heterocycles. The number of ether oxygens (including phenoxy) is 2. The molecule has 0 spiro atoms. The lowest BCUT2D eigenvalue weighted by atomic mass is 10.00. The third kappa shape index (κ3) is 4.46. The molecule has 0 saturated carbocycles. The molecule has 0 unspecified atom stereocenters. The van der Waals surface area contributed by atoms with Crippen LogP contribution in [0, 0.1) is 10.1 Å². The van der Waals surface area contributed by atoms with Gasteiger partial charge in [-0.2, -0.15) is 0 Å². The highest BCUT2D eigenvalue weighted by molar-refractivity contribution is 8.18. The number of imide groups is 1. The van der Waals surface area contributed by atoms with Gasteiger partial charge in [0.25, 0.3) is 16.8 Å². The molecule has 3 amide bonds. The van der Waals surface area contributed by atoms with Crippen molar-refractivity contribution in [3.05, 3.63) is 68.1 Å². The normalized spacial score (nSPS) is 16.6. The van der Waals surface area contributed by atoms with Gasteiger partial charge in [-0.25, -0.2) is 0 Å². The van der Waals surface area contributed by atoms with Gasteiger partial charge in [-0.1, -0.05) is 24.3 Å². The number of nitro groups is 1. The third-order valence-corrected chi connectivity index (χ3v) is 6.57. The monoisotopic (exact) mass is 483 g/mol. The standard InChI is InChI=1S/C23H21N3O7S/c1-32-18-9-16(17(26(30)31)11-19(18)33-2)10-20-22(28)25(23(29)34-20)13-21(27)24-8-7-14-5-3-4-6-15(14)12-24/h3-6,9-11H,7-8,12-13H2,1-2H3/b20-10-. The van der Waals surface area contributed by atoms with Crippen LogP contribution in [0.3, 0.4) is 0 Å². The molecular weight excluding hydrogens is 462 g/mol. The molecule has 2 aromatic rings. The smallest absolute Gasteiger partial charge is 0.294 e. The minimum Gasteiger partial charge on any atom is -0.493 e. The lowest BCUT2D eigenvalue weighted by Crippen LogP contribution is -2.44. The maximum Gasteiger partial charge on any atom is 0.294 e. The highest BCUT2D eigenvalue weighted by atomic mass is 32.2. The van der Waals surface area contributed by atoms with Crippen LogP contribution in [0.15, 0.2) is 41.3 Å². The molecule has 176 valence electrons. The first-order chi connectivity index (χ1) is 16.3. The Labute approximate surface area is 199 Å². The number of amides is 3. The molecule has 1 fully saturated rings. The Morgan fingerprint density at radius 1 is 1.15 bits per heavy atom. The van der Waals surface area contributed by atoms with Crippen molar-refractivity contribution < 1.29 is 28.8 Å². The largest absolute Gasteiger partial charge is 0.493 e. The van der Waals surface area contributed by atoms with E-state index in [1.807, 2.05) is 24.3 Å². The van der Waals surface area contributed by atoms with E-state index in [0.29, 0.717) is 31.3 Å². The molecule has 0 aliphatic carbocycles. The topological polar surface area (TPSA) is 119 Å². The zero-order chi connectivity index (χ0) is 24.4. The van der Waals surface area contributed by atoms with E-state index < -0.39 is 22.6 Å². The van der Waals surface area contributed by atoms with Gasteiger partial charge in [0.2, 0.25) is 5.91 Å². The first-order valence-electron chi connectivity index (χ1n) is 10.3. The van der Waals surface area contributed by atoms with E-state index in [4.69, 9.17) is 9.47 Å². The summed E-state index contributed by atoms with van der Waals surface area (Å²) < 4.78 is 10.3. The number of hydrogen-bond donors (Lipinski definition) is 0. The number of carbonyl (C=O) groups is 3. The first kappa shape index (κ1) is 23.3. The highest BCUT2D eigenvalue weighted by Crippen LogP contribution is 2.38. The van der Waals surface area contributed by atoms with Crippen molar-refractivity contribution in [3.63, 3.8) is 0 Å². The Morgan fingerprint density at radius 2 is 1.82 bits per heavy atom. The molecule has 0 aromatic heterocycles. The van der Waals surface area contributed by atoms with E-state index in [1.54, 1.807) is 4.90 Å². The van der Waals surface area contributed by atoms with Gasteiger partial charge >= 0.3 is 0 Å². The summed E-state index contributed by atoms with van der Waals surface area (Å²) in [6, 6.07) is 10.4. The fourth-order valence-corrected chi connectivity index (χ4v) is 4.71. The minimum absolute atomic E-state index is 0.0166. The van der Waals surface area contributed by atoms with Crippen molar-refractivity contribution in [2.24, 2.45) is 0 Å². The van der Waals surface area contributed by atoms with E-state index in [1.165, 1.54) is 38.0 Å². The van der Waals surface area contributed by atoms with E-state index in [0.717, 1.165) is 10.5 Å². The number of nitro benzene ring substituents is 1. The molecular formula is C23H21N3O7S. The Kier molecular flexibility index (Phi) is 6.55. The zero-order valence-electron chi connectivity index (χ0n) is 18.5. The molecule has 10 nitrogen and oxygen atoms in total. The lowest BCUT2D eigenvalue weighted by Gasteiger charge is -2.29. The number of benzene rings is 2. The van der Waals surface area contributed by atoms with E-state index in [2.05, 4.69) is 0 Å². The fourth-order valence-electron chi connectivity index (χ4n) is 3.88. The zero-order valence-corrected chi connectivity index (χ0v) is 19.3. The van der Waals surface area contributed by atoms with Crippen molar-refractivity contribution in [3.8, 4) is 11.5 Å². The molecule has 11 heteroatoms. The number of thioether (sulfide) groups is 1. The summed E-state index contributed by atoms with van der Waals surface area (Å²) in [7, 11) is 2.73. The van der Waals surface area contributed by atoms with Crippen molar-refractivity contribution in [1.82, 2.24) is 9.80 Å². The molecule has 0 bridgehead atoms. The van der Waals surface area contributed by atoms with Crippen LogP contribution in [0.5, 0.6) is 11.5 Å². The van der Waals surface area contributed by atoms with Gasteiger partial charge in [0.15, 0.2) is 11.5 Å². The average Bonchev–Trinajstić information content (AvgIpc) is 3.10. The predicted molar refractivity (Wildman–Crippen MR) is 124 cm³/mol. The molecule has 34 heavy (non-hydrogen) atoms. The summed E-state index contributed by atoms with van der Waals surface area (Å²) >= 11 is 0.631. The number of methoxy groups -OCH3 is 2. The maximum absolute atomic E-state index is 12.9. The second kappa shape index (κ2) is 9.56. The highest BCUT2D eigenvalue weighted by Gasteiger charge is 2.38. The van der Waals surface area contributed by atoms with E-state index in [-0.39, 0.29) is 33.6 Å². The Balaban J connectivity index is 1.54. The summed E-state index contributed by atoms with van der Waals surface area (Å²) in [6.45, 7) is 0.525. The number of nitrogens with zero attached hydrogens (tertiary/aromatic N) is 3. The molecule has 0 radical (unpaired) electrons. The van der Waals surface area contributed by atoms with Crippen LogP contribution in [0.2, 0.25) is 0 Å². The van der Waals surface area contributed by atoms with Gasteiger partial charge in [0.05, 0.1) is 35.7 Å². The molecule has 2 aliphatic rings. The fraction of sp³-hybridized carbons (Fsp3) is 0.261. The third-order valence-electron chi connectivity index (χ3n) is 5.67. The second-order valence-corrected chi connectivity index (χ2v) is 8.62. The van der Waals surface area contributed by atoms with Crippen molar-refractivity contribution in [2.75, 3.05) is 27.3 Å². The Morgan fingerprint density at radius 3 is 2.50 bits per heavy atom. The predicted octanol–water partition coefficient (Wildman–Crippen LogP) is 3.23. The van der Waals surface area contributed by atoms with Crippen molar-refractivity contribution in [1.29, 1.82) is 0 Å². The summed E-state index contributed by atoms with van der Waals surface area (Å²) in [5.74, 6) is -0.618. The molecule has 2 aromatic carbocycles. The number of hydrogen-bond acceptors (Lipinski definition) is 8. The molecule has 2 aliphatic heterocycles. The van der Waals surface area contributed by atoms with Crippen LogP contribution in [-0.4, -0.2) is 59.1 Å². The molecule has 2 heterocycles. The second-order valence-electron chi connectivity index (χ2n) is 7.62. The molecule has 4 rings (SSSR count). The van der Waals surface area contributed by atoms with Gasteiger partial charge < -0.3 is 14.4 Å². The Bertz CT molecular complexity index is 1230. The molecule has 0 atom stereocenters. The van der Waals surface area contributed by atoms with E-state index >= 15 is 0 Å². The first-order valence-corrected chi connectivity index (χ1v) is 11.1. The summed E-state index contributed by atoms with van der Waals surface area (Å²) in [5.41, 5.74) is 1.98. The van der Waals surface area contributed by atoms with Crippen LogP contribution in [0.25, 0.3) is 6.08 Å². The van der Waals surface area contributed by atoms with Crippen LogP contribution >= 0.6 is 11.8 Å². The van der Waals surface area contributed by atoms with Crippen LogP contribution < -0.4 is 9.47 Å². The summed E-state index contributed by atoms with van der Waals surface area (Å²) in [5, 5.41) is 10.9. The maximum atomic E-state index is 12.9. The van der Waals surface area contributed by atoms with Gasteiger partial charge in [-0.3, -0.25) is 29.4 Å². The summed E-state index contributed by atoms with van der Waals surface area (Å²) in [4.78, 5) is 51.7. The SMILES string of the molecule is COc1cc(/C=C2\SC(=O)N(CC(=O)N3CCc4ccccc4C3)C2=O)c([N+](=O)[O-])cc1OC. The van der Waals surface area contributed by atoms with Gasteiger partial charge in [-0.15, -0.1) is 0 Å². The summed E-state index contributed by atoms with van der Waals surface area (Å²) in [6.07, 6.45) is 1.96. The van der Waals surface area contributed by atoms with Crippen LogP contribution in [0.1, 0.15) is 16.7 Å². The number of carbonyl (C=O) groups excluding carboxylic acids is 3. The molecule has 0 N–H and O–H groups in total.